The van der Waals surface area contributed by atoms with E-state index in [2.05, 4.69) is 50.4 Å². The van der Waals surface area contributed by atoms with E-state index in [4.69, 9.17) is 13.8 Å². The molecule has 0 aromatic carbocycles. The number of amides is 1. The minimum absolute atomic E-state index is 0.0211. The smallest absolute Gasteiger partial charge is 0.306 e. The highest BCUT2D eigenvalue weighted by Crippen LogP contribution is 2.38. The monoisotopic (exact) mass is 1100 g/mol. The van der Waals surface area contributed by atoms with Crippen LogP contribution < -0.4 is 10.2 Å². The first-order valence-corrected chi connectivity index (χ1v) is 34.8. The summed E-state index contributed by atoms with van der Waals surface area (Å²) < 4.78 is 30.4. The molecule has 9 nitrogen and oxygen atoms in total. The van der Waals surface area contributed by atoms with Gasteiger partial charge in [-0.2, -0.15) is 0 Å². The SMILES string of the molecule is CCCCCCCC/C=C/CCCCCCCCCCCCCCCC(=O)OC(/C=C\CCCCCCCCCCC)C(COP(=O)([O-])OCC[N+](C)(C)C)NC(=O)CCCCCCCCC/C=C/CCCCCCCC. The zero-order valence-electron chi connectivity index (χ0n) is 51.9. The van der Waals surface area contributed by atoms with E-state index < -0.39 is 20.0 Å². The van der Waals surface area contributed by atoms with Crippen molar-refractivity contribution < 1.29 is 37.3 Å². The Bertz CT molecular complexity index is 1410. The van der Waals surface area contributed by atoms with Gasteiger partial charge in [-0.25, -0.2) is 0 Å². The largest absolute Gasteiger partial charge is 0.756 e. The van der Waals surface area contributed by atoms with Crippen LogP contribution in [0, 0.1) is 0 Å². The van der Waals surface area contributed by atoms with Crippen molar-refractivity contribution in [2.45, 2.75) is 341 Å². The van der Waals surface area contributed by atoms with Gasteiger partial charge in [0.15, 0.2) is 0 Å². The van der Waals surface area contributed by atoms with Gasteiger partial charge in [-0.15, -0.1) is 0 Å². The predicted molar refractivity (Wildman–Crippen MR) is 330 cm³/mol. The van der Waals surface area contributed by atoms with Crippen molar-refractivity contribution in [2.24, 2.45) is 0 Å². The number of unbranched alkanes of at least 4 members (excludes halogenated alkanes) is 41. The van der Waals surface area contributed by atoms with Crippen LogP contribution in [0.5, 0.6) is 0 Å². The third kappa shape index (κ3) is 58.7. The highest BCUT2D eigenvalue weighted by atomic mass is 31.2. The summed E-state index contributed by atoms with van der Waals surface area (Å²) in [5.41, 5.74) is 0. The summed E-state index contributed by atoms with van der Waals surface area (Å²) in [5.74, 6) is -0.533. The fraction of sp³-hybridized carbons (Fsp3) is 0.881. The number of esters is 1. The number of allylic oxidation sites excluding steroid dienone is 5. The van der Waals surface area contributed by atoms with Crippen molar-refractivity contribution in [3.8, 4) is 0 Å². The summed E-state index contributed by atoms with van der Waals surface area (Å²) in [6.07, 6.45) is 69.7. The van der Waals surface area contributed by atoms with Crippen molar-refractivity contribution >= 4 is 19.7 Å². The van der Waals surface area contributed by atoms with Gasteiger partial charge in [0.2, 0.25) is 5.91 Å². The van der Waals surface area contributed by atoms with Crippen LogP contribution >= 0.6 is 7.82 Å². The number of carbonyl (C=O) groups is 2. The van der Waals surface area contributed by atoms with E-state index in [9.17, 15) is 19.0 Å². The first-order valence-electron chi connectivity index (χ1n) is 33.3. The molecule has 454 valence electrons. The average molecular weight is 1110 g/mol. The second kappa shape index (κ2) is 57.5. The molecule has 0 spiro atoms. The number of carbonyl (C=O) groups excluding carboxylic acids is 2. The summed E-state index contributed by atoms with van der Waals surface area (Å²) in [6.45, 7) is 6.87. The Kier molecular flexibility index (Phi) is 56.1. The lowest BCUT2D eigenvalue weighted by Crippen LogP contribution is -2.47. The molecule has 0 aromatic heterocycles. The number of ether oxygens (including phenoxy) is 1. The quantitative estimate of drug-likeness (QED) is 0.0212. The molecule has 1 N–H and O–H groups in total. The number of rotatable bonds is 61. The molecule has 1 amide bonds. The van der Waals surface area contributed by atoms with Gasteiger partial charge in [-0.3, -0.25) is 14.2 Å². The van der Waals surface area contributed by atoms with Crippen molar-refractivity contribution in [2.75, 3.05) is 40.9 Å². The minimum atomic E-state index is -4.70. The van der Waals surface area contributed by atoms with Crippen LogP contribution in [0.2, 0.25) is 0 Å². The summed E-state index contributed by atoms with van der Waals surface area (Å²) in [6, 6.07) is -0.887. The van der Waals surface area contributed by atoms with E-state index in [1.807, 2.05) is 33.3 Å². The van der Waals surface area contributed by atoms with Gasteiger partial charge < -0.3 is 28.5 Å². The zero-order valence-corrected chi connectivity index (χ0v) is 52.8. The third-order valence-electron chi connectivity index (χ3n) is 15.0. The molecule has 77 heavy (non-hydrogen) atoms. The number of phosphoric acid groups is 1. The second-order valence-electron chi connectivity index (χ2n) is 24.0. The molecule has 10 heteroatoms. The van der Waals surface area contributed by atoms with Crippen molar-refractivity contribution in [1.29, 1.82) is 0 Å². The van der Waals surface area contributed by atoms with Gasteiger partial charge in [0.1, 0.15) is 19.3 Å². The number of quaternary nitrogens is 1. The Labute approximate surface area is 478 Å². The first kappa shape index (κ1) is 75.2. The molecule has 0 rings (SSSR count). The third-order valence-corrected chi connectivity index (χ3v) is 16.0. The van der Waals surface area contributed by atoms with Gasteiger partial charge >= 0.3 is 5.97 Å². The normalized spacial score (nSPS) is 13.8. The highest BCUT2D eigenvalue weighted by Gasteiger charge is 2.27. The Hall–Kier alpha value is -1.77. The molecule has 0 bridgehead atoms. The molecule has 0 aliphatic heterocycles. The number of hydrogen-bond donors (Lipinski definition) is 1. The van der Waals surface area contributed by atoms with Crippen LogP contribution in [0.4, 0.5) is 0 Å². The number of phosphoric ester groups is 1. The topological polar surface area (TPSA) is 114 Å². The molecule has 0 aromatic rings. The number of likely N-dealkylation sites (N-methyl/N-ethyl adjacent to an activating group) is 1. The Balaban J connectivity index is 5.08. The van der Waals surface area contributed by atoms with Crippen molar-refractivity contribution in [3.05, 3.63) is 36.5 Å². The summed E-state index contributed by atoms with van der Waals surface area (Å²) in [7, 11) is 1.19. The van der Waals surface area contributed by atoms with Crippen LogP contribution in [-0.2, 0) is 27.9 Å². The Morgan fingerprint density at radius 1 is 0.442 bits per heavy atom. The van der Waals surface area contributed by atoms with Gasteiger partial charge in [0, 0.05) is 12.8 Å². The van der Waals surface area contributed by atoms with Gasteiger partial charge in [0.05, 0.1) is 33.8 Å². The van der Waals surface area contributed by atoms with Gasteiger partial charge in [0.25, 0.3) is 7.82 Å². The fourth-order valence-electron chi connectivity index (χ4n) is 9.87. The maximum Gasteiger partial charge on any atom is 0.306 e. The summed E-state index contributed by atoms with van der Waals surface area (Å²) in [5, 5.41) is 3.03. The standard InChI is InChI=1S/C67H129N2O7P/c1-7-10-13-16-19-22-25-27-29-31-32-33-34-35-36-38-40-42-45-48-51-54-57-60-67(71)76-65(58-55-52-49-46-43-24-21-18-15-12-9-3)64(63-75-77(72,73)74-62-61-69(4,5)6)68-66(70)59-56-53-50-47-44-41-39-37-30-28-26-23-20-17-14-11-8-2/h27-30,55,58,64-65H,7-26,31-54,56-57,59-63H2,1-6H3,(H-,68,70,72,73)/b29-27+,30-28+,58-55-. The van der Waals surface area contributed by atoms with Gasteiger partial charge in [-0.1, -0.05) is 269 Å². The predicted octanol–water partition coefficient (Wildman–Crippen LogP) is 20.0. The summed E-state index contributed by atoms with van der Waals surface area (Å²) >= 11 is 0. The lowest BCUT2D eigenvalue weighted by Gasteiger charge is -2.30. The maximum atomic E-state index is 13.5. The zero-order chi connectivity index (χ0) is 56.4. The van der Waals surface area contributed by atoms with E-state index >= 15 is 0 Å². The maximum absolute atomic E-state index is 13.5. The lowest BCUT2D eigenvalue weighted by molar-refractivity contribution is -0.870. The molecule has 0 aliphatic carbocycles. The van der Waals surface area contributed by atoms with Crippen LogP contribution in [0.3, 0.4) is 0 Å². The van der Waals surface area contributed by atoms with Crippen LogP contribution in [0.15, 0.2) is 36.5 Å². The number of nitrogens with zero attached hydrogens (tertiary/aromatic N) is 1. The van der Waals surface area contributed by atoms with Crippen LogP contribution in [0.1, 0.15) is 329 Å². The molecule has 0 saturated carbocycles. The Morgan fingerprint density at radius 3 is 1.10 bits per heavy atom. The molecule has 3 unspecified atom stereocenters. The average Bonchev–Trinajstić information content (AvgIpc) is 3.39. The van der Waals surface area contributed by atoms with E-state index in [-0.39, 0.29) is 31.5 Å². The van der Waals surface area contributed by atoms with Crippen molar-refractivity contribution in [3.63, 3.8) is 0 Å². The molecular weight excluding hydrogens is 976 g/mol. The molecule has 0 saturated heterocycles. The minimum Gasteiger partial charge on any atom is -0.756 e. The van der Waals surface area contributed by atoms with Crippen molar-refractivity contribution in [1.82, 2.24) is 5.32 Å². The number of hydrogen-bond acceptors (Lipinski definition) is 7. The van der Waals surface area contributed by atoms with E-state index in [0.717, 1.165) is 70.6 Å². The molecule has 0 aliphatic rings. The number of nitrogens with one attached hydrogen (secondary N) is 1. The van der Waals surface area contributed by atoms with Crippen LogP contribution in [-0.4, -0.2) is 69.4 Å². The van der Waals surface area contributed by atoms with E-state index in [0.29, 0.717) is 17.4 Å². The highest BCUT2D eigenvalue weighted by molar-refractivity contribution is 7.45. The molecule has 0 fully saturated rings. The fourth-order valence-corrected chi connectivity index (χ4v) is 10.6. The molecular formula is C67H129N2O7P. The lowest BCUT2D eigenvalue weighted by atomic mass is 10.0. The van der Waals surface area contributed by atoms with E-state index in [1.54, 1.807) is 0 Å². The Morgan fingerprint density at radius 2 is 0.753 bits per heavy atom. The first-order chi connectivity index (χ1) is 37.4. The van der Waals surface area contributed by atoms with E-state index in [1.165, 1.54) is 225 Å². The molecule has 0 heterocycles. The van der Waals surface area contributed by atoms with Gasteiger partial charge in [-0.05, 0) is 83.1 Å². The molecule has 0 radical (unpaired) electrons. The summed E-state index contributed by atoms with van der Waals surface area (Å²) in [4.78, 5) is 40.0. The molecule has 3 atom stereocenters. The second-order valence-corrected chi connectivity index (χ2v) is 25.4. The van der Waals surface area contributed by atoms with Crippen LogP contribution in [0.25, 0.3) is 0 Å².